The maximum atomic E-state index is 12.2. The van der Waals surface area contributed by atoms with E-state index in [0.29, 0.717) is 29.6 Å². The summed E-state index contributed by atoms with van der Waals surface area (Å²) in [5, 5.41) is 6.44. The van der Waals surface area contributed by atoms with Crippen molar-refractivity contribution in [2.75, 3.05) is 19.5 Å². The summed E-state index contributed by atoms with van der Waals surface area (Å²) >= 11 is 0. The van der Waals surface area contributed by atoms with Crippen molar-refractivity contribution in [3.05, 3.63) is 18.2 Å². The van der Waals surface area contributed by atoms with Crippen molar-refractivity contribution in [2.45, 2.75) is 51.1 Å². The van der Waals surface area contributed by atoms with E-state index in [2.05, 4.69) is 17.6 Å². The Morgan fingerprint density at radius 2 is 2.00 bits per heavy atom. The third-order valence-electron chi connectivity index (χ3n) is 4.05. The van der Waals surface area contributed by atoms with E-state index in [1.54, 1.807) is 32.4 Å². The minimum atomic E-state index is -0.0125. The van der Waals surface area contributed by atoms with E-state index in [4.69, 9.17) is 9.47 Å². The van der Waals surface area contributed by atoms with E-state index < -0.39 is 0 Å². The highest BCUT2D eigenvalue weighted by Crippen LogP contribution is 2.29. The van der Waals surface area contributed by atoms with E-state index >= 15 is 0 Å². The number of methoxy groups -OCH3 is 2. The quantitative estimate of drug-likeness (QED) is 0.813. The molecule has 1 aliphatic carbocycles. The normalized spacial score (nSPS) is 16.3. The van der Waals surface area contributed by atoms with Gasteiger partial charge >= 0.3 is 0 Å². The molecule has 0 radical (unpaired) electrons. The molecule has 2 N–H and O–H groups in total. The Bertz CT molecular complexity index is 499. The number of rotatable bonds is 7. The fourth-order valence-corrected chi connectivity index (χ4v) is 2.93. The van der Waals surface area contributed by atoms with Crippen LogP contribution >= 0.6 is 0 Å². The first kappa shape index (κ1) is 16.6. The van der Waals surface area contributed by atoms with Crippen LogP contribution in [-0.2, 0) is 4.79 Å². The van der Waals surface area contributed by atoms with Gasteiger partial charge in [-0.2, -0.15) is 0 Å². The Kier molecular flexibility index (Phi) is 6.07. The van der Waals surface area contributed by atoms with Gasteiger partial charge in [0.25, 0.3) is 0 Å². The summed E-state index contributed by atoms with van der Waals surface area (Å²) in [4.78, 5) is 12.2. The summed E-state index contributed by atoms with van der Waals surface area (Å²) < 4.78 is 10.4. The molecular weight excluding hydrogens is 280 g/mol. The molecule has 0 aliphatic heterocycles. The summed E-state index contributed by atoms with van der Waals surface area (Å²) in [5.41, 5.74) is 0.668. The molecule has 0 bridgehead atoms. The zero-order chi connectivity index (χ0) is 15.9. The molecule has 0 aromatic heterocycles. The summed E-state index contributed by atoms with van der Waals surface area (Å²) in [5.74, 6) is 1.29. The minimum Gasteiger partial charge on any atom is -0.497 e. The van der Waals surface area contributed by atoms with Crippen molar-refractivity contribution in [3.63, 3.8) is 0 Å². The van der Waals surface area contributed by atoms with Crippen molar-refractivity contribution >= 4 is 11.6 Å². The molecule has 1 aromatic rings. The van der Waals surface area contributed by atoms with Gasteiger partial charge < -0.3 is 20.1 Å². The third-order valence-corrected chi connectivity index (χ3v) is 4.05. The van der Waals surface area contributed by atoms with E-state index in [-0.39, 0.29) is 11.9 Å². The molecule has 2 rings (SSSR count). The smallest absolute Gasteiger partial charge is 0.226 e. The van der Waals surface area contributed by atoms with E-state index in [1.165, 1.54) is 25.7 Å². The molecule has 1 aromatic carbocycles. The first-order valence-electron chi connectivity index (χ1n) is 7.90. The van der Waals surface area contributed by atoms with E-state index in [0.717, 1.165) is 0 Å². The summed E-state index contributed by atoms with van der Waals surface area (Å²) in [6.45, 7) is 2.06. The van der Waals surface area contributed by atoms with Crippen LogP contribution in [0, 0.1) is 0 Å². The van der Waals surface area contributed by atoms with Gasteiger partial charge in [-0.05, 0) is 31.9 Å². The first-order chi connectivity index (χ1) is 10.6. The van der Waals surface area contributed by atoms with Crippen LogP contribution in [0.25, 0.3) is 0 Å². The Labute approximate surface area is 132 Å². The van der Waals surface area contributed by atoms with Gasteiger partial charge in [0.05, 0.1) is 19.9 Å². The number of amides is 1. The lowest BCUT2D eigenvalue weighted by atomic mass is 10.1. The van der Waals surface area contributed by atoms with Crippen LogP contribution in [0.1, 0.15) is 39.0 Å². The molecule has 0 spiro atoms. The van der Waals surface area contributed by atoms with Gasteiger partial charge in [-0.25, -0.2) is 0 Å². The fourth-order valence-electron chi connectivity index (χ4n) is 2.93. The number of carbonyl (C=O) groups excluding carboxylic acids is 1. The minimum absolute atomic E-state index is 0.0125. The lowest BCUT2D eigenvalue weighted by molar-refractivity contribution is -0.116. The molecule has 1 saturated carbocycles. The SMILES string of the molecule is COc1ccc(NC(=O)CC(C)NC2CCCC2)c(OC)c1. The molecular formula is C17H26N2O3. The molecule has 1 amide bonds. The molecule has 1 unspecified atom stereocenters. The largest absolute Gasteiger partial charge is 0.497 e. The number of hydrogen-bond acceptors (Lipinski definition) is 4. The van der Waals surface area contributed by atoms with Crippen molar-refractivity contribution in [1.82, 2.24) is 5.32 Å². The van der Waals surface area contributed by atoms with Crippen LogP contribution in [0.4, 0.5) is 5.69 Å². The second-order valence-corrected chi connectivity index (χ2v) is 5.87. The average molecular weight is 306 g/mol. The van der Waals surface area contributed by atoms with E-state index in [9.17, 15) is 4.79 Å². The van der Waals surface area contributed by atoms with Crippen LogP contribution < -0.4 is 20.1 Å². The predicted octanol–water partition coefficient (Wildman–Crippen LogP) is 2.95. The monoisotopic (exact) mass is 306 g/mol. The van der Waals surface area contributed by atoms with Crippen molar-refractivity contribution in [3.8, 4) is 11.5 Å². The van der Waals surface area contributed by atoms with E-state index in [1.807, 2.05) is 0 Å². The number of ether oxygens (including phenoxy) is 2. The topological polar surface area (TPSA) is 59.6 Å². The standard InChI is InChI=1S/C17H26N2O3/c1-12(18-13-6-4-5-7-13)10-17(20)19-15-9-8-14(21-2)11-16(15)22-3/h8-9,11-13,18H,4-7,10H2,1-3H3,(H,19,20). The highest BCUT2D eigenvalue weighted by atomic mass is 16.5. The Morgan fingerprint density at radius 1 is 1.27 bits per heavy atom. The van der Waals surface area contributed by atoms with Crippen LogP contribution in [0.15, 0.2) is 18.2 Å². The lowest BCUT2D eigenvalue weighted by Crippen LogP contribution is -2.37. The second-order valence-electron chi connectivity index (χ2n) is 5.87. The summed E-state index contributed by atoms with van der Waals surface area (Å²) in [7, 11) is 3.18. The average Bonchev–Trinajstić information content (AvgIpc) is 3.00. The Balaban J connectivity index is 1.88. The first-order valence-corrected chi connectivity index (χ1v) is 7.90. The van der Waals surface area contributed by atoms with Crippen molar-refractivity contribution in [1.29, 1.82) is 0 Å². The third kappa shape index (κ3) is 4.63. The highest BCUT2D eigenvalue weighted by Gasteiger charge is 2.18. The molecule has 1 aliphatic rings. The van der Waals surface area contributed by atoms with Crippen LogP contribution in [0.3, 0.4) is 0 Å². The molecule has 0 saturated heterocycles. The predicted molar refractivity (Wildman–Crippen MR) is 87.6 cm³/mol. The number of carbonyl (C=O) groups is 1. The van der Waals surface area contributed by atoms with Gasteiger partial charge in [-0.15, -0.1) is 0 Å². The van der Waals surface area contributed by atoms with Gasteiger partial charge in [0.15, 0.2) is 0 Å². The zero-order valence-corrected chi connectivity index (χ0v) is 13.6. The van der Waals surface area contributed by atoms with Crippen LogP contribution in [0.5, 0.6) is 11.5 Å². The van der Waals surface area contributed by atoms with Gasteiger partial charge in [0, 0.05) is 24.6 Å². The fraction of sp³-hybridized carbons (Fsp3) is 0.588. The molecule has 0 heterocycles. The van der Waals surface area contributed by atoms with Crippen LogP contribution in [-0.4, -0.2) is 32.2 Å². The molecule has 5 nitrogen and oxygen atoms in total. The molecule has 5 heteroatoms. The number of hydrogen-bond donors (Lipinski definition) is 2. The van der Waals surface area contributed by atoms with Gasteiger partial charge in [0.1, 0.15) is 11.5 Å². The van der Waals surface area contributed by atoms with Gasteiger partial charge in [-0.1, -0.05) is 12.8 Å². The van der Waals surface area contributed by atoms with Gasteiger partial charge in [-0.3, -0.25) is 4.79 Å². The molecule has 122 valence electrons. The highest BCUT2D eigenvalue weighted by molar-refractivity contribution is 5.92. The Morgan fingerprint density at radius 3 is 2.64 bits per heavy atom. The summed E-state index contributed by atoms with van der Waals surface area (Å²) in [6, 6.07) is 6.10. The zero-order valence-electron chi connectivity index (χ0n) is 13.6. The number of benzene rings is 1. The second kappa shape index (κ2) is 8.03. The van der Waals surface area contributed by atoms with Crippen molar-refractivity contribution < 1.29 is 14.3 Å². The maximum absolute atomic E-state index is 12.2. The molecule has 1 fully saturated rings. The Hall–Kier alpha value is -1.75. The van der Waals surface area contributed by atoms with Crippen molar-refractivity contribution in [2.24, 2.45) is 0 Å². The van der Waals surface area contributed by atoms with Crippen LogP contribution in [0.2, 0.25) is 0 Å². The number of anilines is 1. The molecule has 22 heavy (non-hydrogen) atoms. The lowest BCUT2D eigenvalue weighted by Gasteiger charge is -2.19. The molecule has 1 atom stereocenters. The number of nitrogens with one attached hydrogen (secondary N) is 2. The van der Waals surface area contributed by atoms with Gasteiger partial charge in [0.2, 0.25) is 5.91 Å². The summed E-state index contributed by atoms with van der Waals surface area (Å²) in [6.07, 6.45) is 5.47. The maximum Gasteiger partial charge on any atom is 0.226 e.